The maximum atomic E-state index is 12.6. The molecule has 0 aliphatic carbocycles. The summed E-state index contributed by atoms with van der Waals surface area (Å²) in [6.45, 7) is 0.582. The van der Waals surface area contributed by atoms with E-state index in [0.717, 1.165) is 37.1 Å². The van der Waals surface area contributed by atoms with Crippen molar-refractivity contribution in [1.29, 1.82) is 0 Å². The summed E-state index contributed by atoms with van der Waals surface area (Å²) < 4.78 is 5.86. The molecule has 0 radical (unpaired) electrons. The average Bonchev–Trinajstić information content (AvgIpc) is 2.87. The Bertz CT molecular complexity index is 1200. The number of carbonyl (C=O) groups is 2. The summed E-state index contributed by atoms with van der Waals surface area (Å²) in [4.78, 5) is 28.8. The molecule has 0 saturated heterocycles. The monoisotopic (exact) mass is 527 g/mol. The minimum Gasteiger partial charge on any atom is -0.494 e. The lowest BCUT2D eigenvalue weighted by Crippen LogP contribution is -2.42. The summed E-state index contributed by atoms with van der Waals surface area (Å²) in [6.07, 6.45) is 5.92. The van der Waals surface area contributed by atoms with Crippen LogP contribution in [0.15, 0.2) is 60.8 Å². The van der Waals surface area contributed by atoms with Gasteiger partial charge in [0.25, 0.3) is 5.91 Å². The second-order valence-electron chi connectivity index (χ2n) is 8.69. The Labute approximate surface area is 219 Å². The smallest absolute Gasteiger partial charge is 0.326 e. The molecule has 0 spiro atoms. The van der Waals surface area contributed by atoms with Crippen molar-refractivity contribution in [1.82, 2.24) is 10.3 Å². The van der Waals surface area contributed by atoms with E-state index < -0.39 is 17.9 Å². The van der Waals surface area contributed by atoms with Crippen molar-refractivity contribution in [2.24, 2.45) is 0 Å². The van der Waals surface area contributed by atoms with E-state index in [9.17, 15) is 14.7 Å². The summed E-state index contributed by atoms with van der Waals surface area (Å²) in [5, 5.41) is 15.9. The number of nitrogens with zero attached hydrogens (tertiary/aromatic N) is 1. The molecular formula is C27H27Cl2N3O4. The first-order valence-corrected chi connectivity index (χ1v) is 12.6. The van der Waals surface area contributed by atoms with Crippen molar-refractivity contribution in [3.63, 3.8) is 0 Å². The largest absolute Gasteiger partial charge is 0.494 e. The summed E-state index contributed by atoms with van der Waals surface area (Å²) in [5.74, 6) is -0.0946. The highest BCUT2D eigenvalue weighted by Gasteiger charge is 2.24. The number of aryl methyl sites for hydroxylation is 1. The number of carboxylic acids is 1. The first-order chi connectivity index (χ1) is 17.4. The number of anilines is 1. The van der Waals surface area contributed by atoms with Gasteiger partial charge in [-0.25, -0.2) is 9.78 Å². The fourth-order valence-electron chi connectivity index (χ4n) is 4.20. The van der Waals surface area contributed by atoms with E-state index in [2.05, 4.69) is 21.7 Å². The molecule has 0 saturated carbocycles. The number of fused-ring (bicyclic) bond motifs is 1. The Kier molecular flexibility index (Phi) is 8.67. The van der Waals surface area contributed by atoms with Crippen LogP contribution in [-0.4, -0.2) is 40.7 Å². The molecule has 1 amide bonds. The van der Waals surface area contributed by atoms with Gasteiger partial charge in [0.15, 0.2) is 0 Å². The number of aliphatic carboxylic acids is 1. The number of aromatic nitrogens is 1. The van der Waals surface area contributed by atoms with Gasteiger partial charge in [0.05, 0.1) is 22.2 Å². The highest BCUT2D eigenvalue weighted by Crippen LogP contribution is 2.25. The molecule has 36 heavy (non-hydrogen) atoms. The average molecular weight is 528 g/mol. The Morgan fingerprint density at radius 3 is 2.58 bits per heavy atom. The SMILES string of the molecule is O=C(N[C@@H](Cc1ccc(OCCCC2CCc3cccnc3N2)cc1)C(=O)O)c1c(Cl)cccc1Cl. The minimum absolute atomic E-state index is 0.0553. The van der Waals surface area contributed by atoms with Crippen LogP contribution < -0.4 is 15.4 Å². The van der Waals surface area contributed by atoms with Crippen LogP contribution in [0.25, 0.3) is 0 Å². The van der Waals surface area contributed by atoms with Gasteiger partial charge in [-0.3, -0.25) is 4.79 Å². The standard InChI is InChI=1S/C27H27Cl2N3O4/c28-21-6-1-7-22(29)24(21)26(33)32-23(27(34)35)16-17-8-12-20(13-9-17)36-15-3-5-19-11-10-18-4-2-14-30-25(18)31-19/h1-2,4,6-9,12-14,19,23H,3,5,10-11,15-16H2,(H,30,31)(H,32,33)(H,34,35)/t19?,23-/m0/s1. The topological polar surface area (TPSA) is 101 Å². The van der Waals surface area contributed by atoms with Crippen LogP contribution in [0.4, 0.5) is 5.82 Å². The summed E-state index contributed by atoms with van der Waals surface area (Å²) >= 11 is 12.1. The van der Waals surface area contributed by atoms with Gasteiger partial charge in [-0.2, -0.15) is 0 Å². The third-order valence-corrected chi connectivity index (χ3v) is 6.75. The zero-order valence-electron chi connectivity index (χ0n) is 19.5. The van der Waals surface area contributed by atoms with Gasteiger partial charge in [-0.1, -0.05) is 47.5 Å². The molecule has 3 aromatic rings. The number of halogens is 2. The second kappa shape index (κ2) is 12.1. The van der Waals surface area contributed by atoms with E-state index in [0.29, 0.717) is 18.4 Å². The fourth-order valence-corrected chi connectivity index (χ4v) is 4.77. The van der Waals surface area contributed by atoms with E-state index in [1.165, 1.54) is 17.7 Å². The molecular weight excluding hydrogens is 501 g/mol. The summed E-state index contributed by atoms with van der Waals surface area (Å²) in [5.41, 5.74) is 2.07. The Morgan fingerprint density at radius 2 is 1.86 bits per heavy atom. The highest BCUT2D eigenvalue weighted by atomic mass is 35.5. The van der Waals surface area contributed by atoms with E-state index >= 15 is 0 Å². The number of hydrogen-bond donors (Lipinski definition) is 3. The Hall–Kier alpha value is -3.29. The molecule has 188 valence electrons. The molecule has 1 aliphatic rings. The van der Waals surface area contributed by atoms with Crippen LogP contribution in [0.1, 0.15) is 40.7 Å². The van der Waals surface area contributed by atoms with Crippen LogP contribution in [0.2, 0.25) is 10.0 Å². The summed E-state index contributed by atoms with van der Waals surface area (Å²) in [7, 11) is 0. The van der Waals surface area contributed by atoms with Gasteiger partial charge in [0.2, 0.25) is 0 Å². The number of benzene rings is 2. The maximum absolute atomic E-state index is 12.6. The van der Waals surface area contributed by atoms with Gasteiger partial charge in [-0.05, 0) is 67.1 Å². The molecule has 1 aliphatic heterocycles. The lowest BCUT2D eigenvalue weighted by Gasteiger charge is -2.25. The Balaban J connectivity index is 1.24. The molecule has 0 fully saturated rings. The number of carboxylic acid groups (broad SMARTS) is 1. The van der Waals surface area contributed by atoms with Crippen molar-refractivity contribution in [3.8, 4) is 5.75 Å². The van der Waals surface area contributed by atoms with E-state index in [4.69, 9.17) is 27.9 Å². The number of hydrogen-bond acceptors (Lipinski definition) is 5. The van der Waals surface area contributed by atoms with Crippen molar-refractivity contribution < 1.29 is 19.4 Å². The molecule has 2 atom stereocenters. The van der Waals surface area contributed by atoms with Crippen molar-refractivity contribution in [3.05, 3.63) is 87.5 Å². The van der Waals surface area contributed by atoms with Gasteiger partial charge in [0.1, 0.15) is 17.6 Å². The van der Waals surface area contributed by atoms with E-state index in [1.807, 2.05) is 12.3 Å². The lowest BCUT2D eigenvalue weighted by molar-refractivity contribution is -0.139. The molecule has 1 aromatic heterocycles. The predicted octanol–water partition coefficient (Wildman–Crippen LogP) is 5.40. The highest BCUT2D eigenvalue weighted by molar-refractivity contribution is 6.39. The van der Waals surface area contributed by atoms with Crippen LogP contribution >= 0.6 is 23.2 Å². The van der Waals surface area contributed by atoms with Crippen LogP contribution in [-0.2, 0) is 17.6 Å². The van der Waals surface area contributed by atoms with E-state index in [1.54, 1.807) is 30.3 Å². The van der Waals surface area contributed by atoms with Crippen LogP contribution in [0, 0.1) is 0 Å². The molecule has 2 heterocycles. The molecule has 3 N–H and O–H groups in total. The first-order valence-electron chi connectivity index (χ1n) is 11.8. The zero-order valence-corrected chi connectivity index (χ0v) is 21.1. The molecule has 7 nitrogen and oxygen atoms in total. The molecule has 4 rings (SSSR count). The summed E-state index contributed by atoms with van der Waals surface area (Å²) in [6, 6.07) is 15.2. The molecule has 9 heteroatoms. The van der Waals surface area contributed by atoms with Crippen LogP contribution in [0.3, 0.4) is 0 Å². The van der Waals surface area contributed by atoms with Crippen molar-refractivity contribution >= 4 is 40.9 Å². The van der Waals surface area contributed by atoms with Gasteiger partial charge in [-0.15, -0.1) is 0 Å². The lowest BCUT2D eigenvalue weighted by atomic mass is 9.98. The van der Waals surface area contributed by atoms with Crippen LogP contribution in [0.5, 0.6) is 5.75 Å². The number of pyridine rings is 1. The Morgan fingerprint density at radius 1 is 1.11 bits per heavy atom. The quantitative estimate of drug-likeness (QED) is 0.305. The number of nitrogens with one attached hydrogen (secondary N) is 2. The molecule has 0 bridgehead atoms. The number of ether oxygens (including phenoxy) is 1. The predicted molar refractivity (Wildman–Crippen MR) is 140 cm³/mol. The van der Waals surface area contributed by atoms with Gasteiger partial charge in [0, 0.05) is 18.7 Å². The minimum atomic E-state index is -1.15. The second-order valence-corrected chi connectivity index (χ2v) is 9.51. The van der Waals surface area contributed by atoms with Crippen molar-refractivity contribution in [2.45, 2.75) is 44.2 Å². The number of carbonyl (C=O) groups excluding carboxylic acids is 1. The zero-order chi connectivity index (χ0) is 25.5. The third kappa shape index (κ3) is 6.68. The maximum Gasteiger partial charge on any atom is 0.326 e. The van der Waals surface area contributed by atoms with Gasteiger partial charge >= 0.3 is 5.97 Å². The van der Waals surface area contributed by atoms with Gasteiger partial charge < -0.3 is 20.5 Å². The number of rotatable bonds is 10. The fraction of sp³-hybridized carbons (Fsp3) is 0.296. The number of amides is 1. The first kappa shape index (κ1) is 25.8. The molecule has 2 aromatic carbocycles. The van der Waals surface area contributed by atoms with Crippen molar-refractivity contribution in [2.75, 3.05) is 11.9 Å². The third-order valence-electron chi connectivity index (χ3n) is 6.12. The van der Waals surface area contributed by atoms with E-state index in [-0.39, 0.29) is 22.0 Å². The molecule has 1 unspecified atom stereocenters. The normalized spacial score (nSPS) is 15.3.